The van der Waals surface area contributed by atoms with E-state index in [-0.39, 0.29) is 11.0 Å². The van der Waals surface area contributed by atoms with Gasteiger partial charge in [0.05, 0.1) is 19.1 Å². The zero-order chi connectivity index (χ0) is 18.9. The molecule has 0 atom stereocenters. The number of nitrogens with one attached hydrogen (secondary N) is 3. The Hall–Kier alpha value is -2.91. The lowest BCUT2D eigenvalue weighted by Gasteiger charge is -2.09. The lowest BCUT2D eigenvalue weighted by molar-refractivity contribution is -0.115. The fourth-order valence-corrected chi connectivity index (χ4v) is 2.67. The van der Waals surface area contributed by atoms with Crippen LogP contribution in [0, 0.1) is 0 Å². The molecule has 0 bridgehead atoms. The Balaban J connectivity index is 1.84. The second-order valence-corrected chi connectivity index (χ2v) is 6.18. The van der Waals surface area contributed by atoms with E-state index in [1.807, 2.05) is 0 Å². The Labute approximate surface area is 160 Å². The number of thiophene rings is 1. The number of ether oxygens (including phenoxy) is 2. The summed E-state index contributed by atoms with van der Waals surface area (Å²) in [5.41, 5.74) is 5.62. The van der Waals surface area contributed by atoms with Crippen LogP contribution in [0.1, 0.15) is 15.2 Å². The fraction of sp³-hybridized carbons (Fsp3) is 0.118. The molecule has 1 aromatic carbocycles. The zero-order valence-corrected chi connectivity index (χ0v) is 15.7. The summed E-state index contributed by atoms with van der Waals surface area (Å²) in [7, 11) is 3.08. The van der Waals surface area contributed by atoms with Gasteiger partial charge in [-0.25, -0.2) is 0 Å². The molecule has 0 fully saturated rings. The molecule has 2 aromatic rings. The third-order valence-electron chi connectivity index (χ3n) is 3.11. The highest BCUT2D eigenvalue weighted by Crippen LogP contribution is 2.27. The average Bonchev–Trinajstić information content (AvgIpc) is 3.19. The molecule has 26 heavy (non-hydrogen) atoms. The Morgan fingerprint density at radius 2 is 1.88 bits per heavy atom. The minimum Gasteiger partial charge on any atom is -0.493 e. The first-order valence-electron chi connectivity index (χ1n) is 7.38. The largest absolute Gasteiger partial charge is 0.493 e. The molecule has 0 aliphatic heterocycles. The highest BCUT2D eigenvalue weighted by molar-refractivity contribution is 7.80. The number of methoxy groups -OCH3 is 2. The van der Waals surface area contributed by atoms with Crippen molar-refractivity contribution in [2.45, 2.75) is 0 Å². The number of hydrogen-bond acceptors (Lipinski definition) is 6. The number of carbonyl (C=O) groups excluding carboxylic acids is 2. The van der Waals surface area contributed by atoms with Gasteiger partial charge in [-0.2, -0.15) is 0 Å². The van der Waals surface area contributed by atoms with Crippen molar-refractivity contribution in [1.82, 2.24) is 16.2 Å². The molecule has 1 heterocycles. The molecule has 3 N–H and O–H groups in total. The van der Waals surface area contributed by atoms with E-state index in [0.29, 0.717) is 16.4 Å². The summed E-state index contributed by atoms with van der Waals surface area (Å²) in [6.07, 6.45) is 2.92. The van der Waals surface area contributed by atoms with Gasteiger partial charge < -0.3 is 9.47 Å². The van der Waals surface area contributed by atoms with Crippen molar-refractivity contribution < 1.29 is 19.1 Å². The second-order valence-electron chi connectivity index (χ2n) is 4.82. The van der Waals surface area contributed by atoms with Crippen LogP contribution in [-0.4, -0.2) is 31.1 Å². The summed E-state index contributed by atoms with van der Waals surface area (Å²) in [6, 6.07) is 8.69. The van der Waals surface area contributed by atoms with Crippen LogP contribution in [0.4, 0.5) is 0 Å². The maximum Gasteiger partial charge on any atom is 0.279 e. The molecular weight excluding hydrogens is 374 g/mol. The molecule has 0 unspecified atom stereocenters. The molecule has 0 saturated carbocycles. The molecule has 0 radical (unpaired) electrons. The van der Waals surface area contributed by atoms with Crippen molar-refractivity contribution in [2.24, 2.45) is 0 Å². The molecule has 0 saturated heterocycles. The number of carbonyl (C=O) groups is 2. The summed E-state index contributed by atoms with van der Waals surface area (Å²) >= 11 is 6.25. The minimum atomic E-state index is -0.442. The molecular formula is C17H17N3O4S2. The van der Waals surface area contributed by atoms with E-state index >= 15 is 0 Å². The second kappa shape index (κ2) is 9.54. The lowest BCUT2D eigenvalue weighted by atomic mass is 10.2. The van der Waals surface area contributed by atoms with Gasteiger partial charge in [0.15, 0.2) is 16.6 Å². The van der Waals surface area contributed by atoms with Gasteiger partial charge in [0.1, 0.15) is 0 Å². The van der Waals surface area contributed by atoms with Gasteiger partial charge in [-0.1, -0.05) is 12.1 Å². The first-order valence-corrected chi connectivity index (χ1v) is 8.67. The van der Waals surface area contributed by atoms with Gasteiger partial charge >= 0.3 is 0 Å². The smallest absolute Gasteiger partial charge is 0.279 e. The van der Waals surface area contributed by atoms with Crippen molar-refractivity contribution in [1.29, 1.82) is 0 Å². The number of benzene rings is 1. The van der Waals surface area contributed by atoms with Crippen molar-refractivity contribution >= 4 is 46.6 Å². The van der Waals surface area contributed by atoms with Gasteiger partial charge in [-0.15, -0.1) is 11.3 Å². The number of rotatable bonds is 5. The van der Waals surface area contributed by atoms with E-state index in [2.05, 4.69) is 16.2 Å². The molecule has 0 aliphatic rings. The van der Waals surface area contributed by atoms with Crippen LogP contribution in [0.25, 0.3) is 6.08 Å². The van der Waals surface area contributed by atoms with Gasteiger partial charge in [-0.05, 0) is 47.4 Å². The third-order valence-corrected chi connectivity index (χ3v) is 4.18. The van der Waals surface area contributed by atoms with Crippen molar-refractivity contribution in [2.75, 3.05) is 14.2 Å². The van der Waals surface area contributed by atoms with Gasteiger partial charge in [0.25, 0.3) is 5.91 Å². The highest BCUT2D eigenvalue weighted by Gasteiger charge is 2.07. The minimum absolute atomic E-state index is 0.0168. The van der Waals surface area contributed by atoms with E-state index in [9.17, 15) is 9.59 Å². The number of thiocarbonyl (C=S) groups is 1. The van der Waals surface area contributed by atoms with Crippen LogP contribution in [0.2, 0.25) is 0 Å². The average molecular weight is 391 g/mol. The monoisotopic (exact) mass is 391 g/mol. The summed E-state index contributed by atoms with van der Waals surface area (Å²) in [5, 5.41) is 4.20. The van der Waals surface area contributed by atoms with Crippen LogP contribution in [0.3, 0.4) is 0 Å². The van der Waals surface area contributed by atoms with Crippen molar-refractivity contribution in [3.63, 3.8) is 0 Å². The predicted octanol–water partition coefficient (Wildman–Crippen LogP) is 2.11. The summed E-state index contributed by atoms with van der Waals surface area (Å²) in [4.78, 5) is 24.2. The van der Waals surface area contributed by atoms with Crippen molar-refractivity contribution in [3.8, 4) is 11.5 Å². The molecule has 7 nitrogen and oxygen atoms in total. The van der Waals surface area contributed by atoms with Gasteiger partial charge in [0.2, 0.25) is 5.91 Å². The van der Waals surface area contributed by atoms with Crippen molar-refractivity contribution in [3.05, 3.63) is 52.2 Å². The quantitative estimate of drug-likeness (QED) is 0.411. The Morgan fingerprint density at radius 3 is 2.54 bits per heavy atom. The van der Waals surface area contributed by atoms with Gasteiger partial charge in [-0.3, -0.25) is 25.8 Å². The normalized spacial score (nSPS) is 10.2. The molecule has 0 aliphatic carbocycles. The number of amides is 2. The van der Waals surface area contributed by atoms with E-state index in [1.165, 1.54) is 24.5 Å². The Kier molecular flexibility index (Phi) is 7.12. The SMILES string of the molecule is COc1ccc(/C=C/C(=O)NC(=S)NNC(=O)c2cccs2)cc1OC. The number of hydrazine groups is 1. The van der Waals surface area contributed by atoms with Crippen LogP contribution in [0.15, 0.2) is 41.8 Å². The maximum atomic E-state index is 11.9. The van der Waals surface area contributed by atoms with E-state index in [4.69, 9.17) is 21.7 Å². The fourth-order valence-electron chi connectivity index (χ4n) is 1.90. The molecule has 136 valence electrons. The predicted molar refractivity (Wildman–Crippen MR) is 104 cm³/mol. The zero-order valence-electron chi connectivity index (χ0n) is 14.1. The molecule has 1 aromatic heterocycles. The topological polar surface area (TPSA) is 88.7 Å². The molecule has 2 rings (SSSR count). The molecule has 2 amide bonds. The summed E-state index contributed by atoms with van der Waals surface area (Å²) in [5.74, 6) is 0.379. The highest BCUT2D eigenvalue weighted by atomic mass is 32.1. The van der Waals surface area contributed by atoms with Crippen LogP contribution in [-0.2, 0) is 4.79 Å². The molecule has 0 spiro atoms. The maximum absolute atomic E-state index is 11.9. The standard InChI is InChI=1S/C17H17N3O4S2/c1-23-12-7-5-11(10-13(12)24-2)6-8-15(21)18-17(25)20-19-16(22)14-4-3-9-26-14/h3-10H,1-2H3,(H,19,22)(H2,18,20,21,25)/b8-6+. The summed E-state index contributed by atoms with van der Waals surface area (Å²) in [6.45, 7) is 0. The number of hydrogen-bond donors (Lipinski definition) is 3. The lowest BCUT2D eigenvalue weighted by Crippen LogP contribution is -2.48. The van der Waals surface area contributed by atoms with Gasteiger partial charge in [0, 0.05) is 6.08 Å². The summed E-state index contributed by atoms with van der Waals surface area (Å²) < 4.78 is 10.4. The van der Waals surface area contributed by atoms with E-state index in [1.54, 1.807) is 48.9 Å². The first kappa shape index (κ1) is 19.4. The van der Waals surface area contributed by atoms with E-state index in [0.717, 1.165) is 5.56 Å². The molecule has 9 heteroatoms. The van der Waals surface area contributed by atoms with E-state index < -0.39 is 5.91 Å². The Bertz CT molecular complexity index is 819. The van der Waals surface area contributed by atoms with Crippen LogP contribution in [0.5, 0.6) is 11.5 Å². The first-order chi connectivity index (χ1) is 12.5. The van der Waals surface area contributed by atoms with Crippen LogP contribution >= 0.6 is 23.6 Å². The third kappa shape index (κ3) is 5.57. The van der Waals surface area contributed by atoms with Crippen LogP contribution < -0.4 is 25.6 Å². The Morgan fingerprint density at radius 1 is 1.12 bits per heavy atom.